The van der Waals surface area contributed by atoms with Crippen molar-refractivity contribution in [3.63, 3.8) is 0 Å². The maximum atomic E-state index is 13.6. The number of carbonyl (C=O) groups excluding carboxylic acids is 1. The van der Waals surface area contributed by atoms with Gasteiger partial charge in [0.15, 0.2) is 0 Å². The average Bonchev–Trinajstić information content (AvgIpc) is 2.56. The molecule has 1 aromatic heterocycles. The lowest BCUT2D eigenvalue weighted by molar-refractivity contribution is 0.0927. The zero-order chi connectivity index (χ0) is 16.2. The summed E-state index contributed by atoms with van der Waals surface area (Å²) < 4.78 is 13.6. The minimum atomic E-state index is -0.492. The Balaban J connectivity index is 1.57. The lowest BCUT2D eigenvalue weighted by atomic mass is 10.0. The van der Waals surface area contributed by atoms with Crippen molar-refractivity contribution in [1.29, 1.82) is 0 Å². The van der Waals surface area contributed by atoms with Gasteiger partial charge in [-0.05, 0) is 37.1 Å². The normalized spacial score (nSPS) is 15.5. The highest BCUT2D eigenvalue weighted by Gasteiger charge is 2.22. The summed E-state index contributed by atoms with van der Waals surface area (Å²) in [5.74, 6) is -0.845. The summed E-state index contributed by atoms with van der Waals surface area (Å²) in [5.41, 5.74) is 1.12. The SMILES string of the molecule is O=C(NC1CCN(c2ccnc(Cl)c2)CC1)c1ccccc1F. The fourth-order valence-electron chi connectivity index (χ4n) is 2.78. The Morgan fingerprint density at radius 3 is 2.70 bits per heavy atom. The summed E-state index contributed by atoms with van der Waals surface area (Å²) >= 11 is 5.91. The minimum absolute atomic E-state index is 0.0515. The second-order valence-electron chi connectivity index (χ2n) is 5.55. The van der Waals surface area contributed by atoms with Gasteiger partial charge in [-0.15, -0.1) is 0 Å². The predicted molar refractivity (Wildman–Crippen MR) is 88.3 cm³/mol. The zero-order valence-electron chi connectivity index (χ0n) is 12.5. The fourth-order valence-corrected chi connectivity index (χ4v) is 2.95. The van der Waals surface area contributed by atoms with Crippen LogP contribution in [0.5, 0.6) is 0 Å². The summed E-state index contributed by atoms with van der Waals surface area (Å²) in [6.07, 6.45) is 3.30. The molecule has 1 N–H and O–H groups in total. The Morgan fingerprint density at radius 1 is 1.26 bits per heavy atom. The summed E-state index contributed by atoms with van der Waals surface area (Å²) in [6.45, 7) is 1.62. The van der Waals surface area contributed by atoms with E-state index in [0.717, 1.165) is 31.6 Å². The van der Waals surface area contributed by atoms with Crippen molar-refractivity contribution in [2.24, 2.45) is 0 Å². The first-order chi connectivity index (χ1) is 11.1. The molecule has 0 saturated carbocycles. The maximum absolute atomic E-state index is 13.6. The molecule has 1 aliphatic heterocycles. The van der Waals surface area contributed by atoms with Crippen molar-refractivity contribution < 1.29 is 9.18 Å². The van der Waals surface area contributed by atoms with Crippen LogP contribution in [0.4, 0.5) is 10.1 Å². The molecule has 1 aromatic carbocycles. The molecule has 0 aliphatic carbocycles. The first-order valence-corrected chi connectivity index (χ1v) is 7.93. The molecule has 4 nitrogen and oxygen atoms in total. The molecule has 0 spiro atoms. The smallest absolute Gasteiger partial charge is 0.254 e. The molecule has 120 valence electrons. The van der Waals surface area contributed by atoms with Gasteiger partial charge >= 0.3 is 0 Å². The summed E-state index contributed by atoms with van der Waals surface area (Å²) in [5, 5.41) is 3.39. The molecular weight excluding hydrogens is 317 g/mol. The van der Waals surface area contributed by atoms with Crippen LogP contribution in [0.25, 0.3) is 0 Å². The van der Waals surface area contributed by atoms with E-state index in [2.05, 4.69) is 15.2 Å². The highest BCUT2D eigenvalue weighted by atomic mass is 35.5. The highest BCUT2D eigenvalue weighted by Crippen LogP contribution is 2.22. The van der Waals surface area contributed by atoms with Crippen LogP contribution in [0, 0.1) is 5.82 Å². The zero-order valence-corrected chi connectivity index (χ0v) is 13.3. The molecule has 6 heteroatoms. The Morgan fingerprint density at radius 2 is 2.00 bits per heavy atom. The van der Waals surface area contributed by atoms with Crippen LogP contribution in [0.3, 0.4) is 0 Å². The second kappa shape index (κ2) is 6.96. The van der Waals surface area contributed by atoms with Crippen molar-refractivity contribution in [3.8, 4) is 0 Å². The van der Waals surface area contributed by atoms with Gasteiger partial charge in [0.05, 0.1) is 5.56 Å². The third kappa shape index (κ3) is 3.79. The van der Waals surface area contributed by atoms with E-state index in [4.69, 9.17) is 11.6 Å². The number of piperidine rings is 1. The number of pyridine rings is 1. The third-order valence-electron chi connectivity index (χ3n) is 4.02. The van der Waals surface area contributed by atoms with Crippen LogP contribution >= 0.6 is 11.6 Å². The number of carbonyl (C=O) groups is 1. The van der Waals surface area contributed by atoms with E-state index < -0.39 is 5.82 Å². The van der Waals surface area contributed by atoms with Gasteiger partial charge in [-0.2, -0.15) is 0 Å². The van der Waals surface area contributed by atoms with Gasteiger partial charge in [-0.1, -0.05) is 23.7 Å². The van der Waals surface area contributed by atoms with E-state index in [1.807, 2.05) is 12.1 Å². The standard InChI is InChI=1S/C17H17ClFN3O/c18-16-11-13(5-8-20-16)22-9-6-12(7-10-22)21-17(23)14-3-1-2-4-15(14)19/h1-5,8,11-12H,6-7,9-10H2,(H,21,23). The van der Waals surface area contributed by atoms with E-state index >= 15 is 0 Å². The number of benzene rings is 1. The number of hydrogen-bond acceptors (Lipinski definition) is 3. The summed E-state index contributed by atoms with van der Waals surface area (Å²) in [7, 11) is 0. The van der Waals surface area contributed by atoms with Crippen LogP contribution in [0.1, 0.15) is 23.2 Å². The first kappa shape index (κ1) is 15.7. The Hall–Kier alpha value is -2.14. The fraction of sp³-hybridized carbons (Fsp3) is 0.294. The number of halogens is 2. The molecule has 3 rings (SSSR count). The van der Waals surface area contributed by atoms with Gasteiger partial charge < -0.3 is 10.2 Å². The van der Waals surface area contributed by atoms with Gasteiger partial charge in [0.25, 0.3) is 5.91 Å². The molecule has 2 heterocycles. The van der Waals surface area contributed by atoms with Gasteiger partial charge in [0.2, 0.25) is 0 Å². The number of aromatic nitrogens is 1. The molecule has 1 saturated heterocycles. The van der Waals surface area contributed by atoms with E-state index in [1.165, 1.54) is 12.1 Å². The lowest BCUT2D eigenvalue weighted by Crippen LogP contribution is -2.44. The Labute approximate surface area is 139 Å². The summed E-state index contributed by atoms with van der Waals surface area (Å²) in [4.78, 5) is 18.3. The number of anilines is 1. The van der Waals surface area contributed by atoms with Crippen molar-refractivity contribution in [2.45, 2.75) is 18.9 Å². The number of hydrogen-bond donors (Lipinski definition) is 1. The quantitative estimate of drug-likeness (QED) is 0.877. The van der Waals surface area contributed by atoms with Crippen molar-refractivity contribution in [1.82, 2.24) is 10.3 Å². The van der Waals surface area contributed by atoms with Crippen LogP contribution in [0.15, 0.2) is 42.6 Å². The molecule has 0 radical (unpaired) electrons. The van der Waals surface area contributed by atoms with Crippen LogP contribution < -0.4 is 10.2 Å². The number of nitrogens with zero attached hydrogens (tertiary/aromatic N) is 2. The lowest BCUT2D eigenvalue weighted by Gasteiger charge is -2.34. The maximum Gasteiger partial charge on any atom is 0.254 e. The van der Waals surface area contributed by atoms with Gasteiger partial charge in [-0.3, -0.25) is 4.79 Å². The van der Waals surface area contributed by atoms with Crippen LogP contribution in [0.2, 0.25) is 5.15 Å². The summed E-state index contributed by atoms with van der Waals surface area (Å²) in [6, 6.07) is 9.83. The van der Waals surface area contributed by atoms with E-state index in [9.17, 15) is 9.18 Å². The molecule has 1 aliphatic rings. The predicted octanol–water partition coefficient (Wildman–Crippen LogP) is 3.27. The Kier molecular flexibility index (Phi) is 4.76. The minimum Gasteiger partial charge on any atom is -0.371 e. The molecule has 2 aromatic rings. The molecule has 0 atom stereocenters. The molecule has 0 unspecified atom stereocenters. The first-order valence-electron chi connectivity index (χ1n) is 7.55. The number of amides is 1. The molecule has 1 fully saturated rings. The van der Waals surface area contributed by atoms with Gasteiger partial charge in [-0.25, -0.2) is 9.37 Å². The highest BCUT2D eigenvalue weighted by molar-refractivity contribution is 6.29. The van der Waals surface area contributed by atoms with Crippen LogP contribution in [-0.4, -0.2) is 30.0 Å². The molecule has 23 heavy (non-hydrogen) atoms. The van der Waals surface area contributed by atoms with Crippen molar-refractivity contribution in [2.75, 3.05) is 18.0 Å². The molecule has 0 bridgehead atoms. The number of rotatable bonds is 3. The van der Waals surface area contributed by atoms with Crippen LogP contribution in [-0.2, 0) is 0 Å². The second-order valence-corrected chi connectivity index (χ2v) is 5.94. The molecule has 1 amide bonds. The monoisotopic (exact) mass is 333 g/mol. The topological polar surface area (TPSA) is 45.2 Å². The van der Waals surface area contributed by atoms with Crippen molar-refractivity contribution in [3.05, 3.63) is 59.1 Å². The van der Waals surface area contributed by atoms with E-state index in [0.29, 0.717) is 5.15 Å². The van der Waals surface area contributed by atoms with Gasteiger partial charge in [0.1, 0.15) is 11.0 Å². The Bertz CT molecular complexity index is 702. The average molecular weight is 334 g/mol. The van der Waals surface area contributed by atoms with Gasteiger partial charge in [0, 0.05) is 31.0 Å². The van der Waals surface area contributed by atoms with E-state index in [-0.39, 0.29) is 17.5 Å². The van der Waals surface area contributed by atoms with Crippen molar-refractivity contribution >= 4 is 23.2 Å². The molecular formula is C17H17ClFN3O. The third-order valence-corrected chi connectivity index (χ3v) is 4.23. The largest absolute Gasteiger partial charge is 0.371 e. The number of nitrogens with one attached hydrogen (secondary N) is 1. The van der Waals surface area contributed by atoms with E-state index in [1.54, 1.807) is 18.3 Å².